The molecule has 14 heavy (non-hydrogen) atoms. The van der Waals surface area contributed by atoms with Gasteiger partial charge in [-0.05, 0) is 30.4 Å². The van der Waals surface area contributed by atoms with Crippen LogP contribution < -0.4 is 0 Å². The standard InChI is InChI=1S/C8H10ClN3OS/c1-12(4-5-2-3-5)7(13)6-10-11-8(9)14-6/h5H,2-4H2,1H3. The minimum absolute atomic E-state index is 0.0821. The zero-order chi connectivity index (χ0) is 10.1. The Morgan fingerprint density at radius 3 is 2.86 bits per heavy atom. The van der Waals surface area contributed by atoms with Gasteiger partial charge in [0, 0.05) is 13.6 Å². The van der Waals surface area contributed by atoms with Crippen molar-refractivity contribution in [1.82, 2.24) is 15.1 Å². The molecule has 1 aromatic rings. The van der Waals surface area contributed by atoms with Crippen LogP contribution in [0.1, 0.15) is 22.6 Å². The molecule has 1 saturated carbocycles. The summed E-state index contributed by atoms with van der Waals surface area (Å²) in [6.45, 7) is 0.816. The molecule has 76 valence electrons. The van der Waals surface area contributed by atoms with Crippen LogP contribution in [0.3, 0.4) is 0 Å². The van der Waals surface area contributed by atoms with Gasteiger partial charge in [0.1, 0.15) is 0 Å². The number of carbonyl (C=O) groups is 1. The van der Waals surface area contributed by atoms with Crippen molar-refractivity contribution in [2.45, 2.75) is 12.8 Å². The summed E-state index contributed by atoms with van der Waals surface area (Å²) in [5.41, 5.74) is 0. The van der Waals surface area contributed by atoms with Gasteiger partial charge in [-0.15, -0.1) is 10.2 Å². The second-order valence-electron chi connectivity index (χ2n) is 3.49. The van der Waals surface area contributed by atoms with E-state index in [1.807, 2.05) is 0 Å². The van der Waals surface area contributed by atoms with Gasteiger partial charge >= 0.3 is 0 Å². The maximum absolute atomic E-state index is 11.7. The minimum Gasteiger partial charge on any atom is -0.339 e. The van der Waals surface area contributed by atoms with E-state index in [2.05, 4.69) is 10.2 Å². The summed E-state index contributed by atoms with van der Waals surface area (Å²) in [4.78, 5) is 13.4. The Bertz CT molecular complexity index is 350. The first kappa shape index (κ1) is 9.86. The average Bonchev–Trinajstić information content (AvgIpc) is 2.85. The largest absolute Gasteiger partial charge is 0.339 e. The van der Waals surface area contributed by atoms with Gasteiger partial charge in [0.05, 0.1) is 0 Å². The molecule has 0 spiro atoms. The van der Waals surface area contributed by atoms with Crippen molar-refractivity contribution in [3.63, 3.8) is 0 Å². The van der Waals surface area contributed by atoms with Crippen LogP contribution in [0.2, 0.25) is 4.47 Å². The SMILES string of the molecule is CN(CC1CC1)C(=O)c1nnc(Cl)s1. The fourth-order valence-electron chi connectivity index (χ4n) is 1.23. The summed E-state index contributed by atoms with van der Waals surface area (Å²) in [5.74, 6) is 0.605. The van der Waals surface area contributed by atoms with Gasteiger partial charge in [-0.1, -0.05) is 11.3 Å². The smallest absolute Gasteiger partial charge is 0.284 e. The zero-order valence-electron chi connectivity index (χ0n) is 7.73. The second kappa shape index (κ2) is 3.82. The van der Waals surface area contributed by atoms with Gasteiger partial charge in [-0.25, -0.2) is 0 Å². The van der Waals surface area contributed by atoms with Gasteiger partial charge in [-0.2, -0.15) is 0 Å². The lowest BCUT2D eigenvalue weighted by molar-refractivity contribution is 0.0787. The molecule has 0 unspecified atom stereocenters. The summed E-state index contributed by atoms with van der Waals surface area (Å²) in [6, 6.07) is 0. The van der Waals surface area contributed by atoms with Crippen LogP contribution in [0.4, 0.5) is 0 Å². The molecule has 0 atom stereocenters. The Labute approximate surface area is 90.9 Å². The van der Waals surface area contributed by atoms with Gasteiger partial charge in [-0.3, -0.25) is 4.79 Å². The highest BCUT2D eigenvalue weighted by molar-refractivity contribution is 7.17. The van der Waals surface area contributed by atoms with E-state index in [1.54, 1.807) is 11.9 Å². The van der Waals surface area contributed by atoms with Crippen LogP contribution in [-0.4, -0.2) is 34.6 Å². The molecular formula is C8H10ClN3OS. The van der Waals surface area contributed by atoms with Gasteiger partial charge in [0.15, 0.2) is 0 Å². The van der Waals surface area contributed by atoms with E-state index < -0.39 is 0 Å². The van der Waals surface area contributed by atoms with Crippen molar-refractivity contribution < 1.29 is 4.79 Å². The van der Waals surface area contributed by atoms with Crippen molar-refractivity contribution in [3.05, 3.63) is 9.47 Å². The van der Waals surface area contributed by atoms with Crippen LogP contribution in [0, 0.1) is 5.92 Å². The second-order valence-corrected chi connectivity index (χ2v) is 5.05. The summed E-state index contributed by atoms with van der Waals surface area (Å²) in [6.07, 6.45) is 2.46. The molecule has 1 amide bonds. The molecule has 1 aliphatic rings. The highest BCUT2D eigenvalue weighted by Gasteiger charge is 2.26. The van der Waals surface area contributed by atoms with Gasteiger partial charge in [0.2, 0.25) is 9.47 Å². The number of hydrogen-bond donors (Lipinski definition) is 0. The summed E-state index contributed by atoms with van der Waals surface area (Å²) < 4.78 is 0.313. The molecule has 1 heterocycles. The third-order valence-corrected chi connectivity index (χ3v) is 3.17. The highest BCUT2D eigenvalue weighted by atomic mass is 35.5. The number of nitrogens with zero attached hydrogens (tertiary/aromatic N) is 3. The molecule has 0 saturated heterocycles. The molecule has 0 bridgehead atoms. The number of carbonyl (C=O) groups excluding carboxylic acids is 1. The lowest BCUT2D eigenvalue weighted by Crippen LogP contribution is -2.28. The lowest BCUT2D eigenvalue weighted by atomic mass is 10.4. The average molecular weight is 232 g/mol. The Hall–Kier alpha value is -0.680. The quantitative estimate of drug-likeness (QED) is 0.795. The zero-order valence-corrected chi connectivity index (χ0v) is 9.31. The van der Waals surface area contributed by atoms with Crippen LogP contribution in [0.25, 0.3) is 0 Å². The first-order valence-electron chi connectivity index (χ1n) is 4.41. The lowest BCUT2D eigenvalue weighted by Gasteiger charge is -2.14. The molecule has 0 aliphatic heterocycles. The summed E-state index contributed by atoms with van der Waals surface area (Å²) in [5, 5.41) is 7.68. The van der Waals surface area contributed by atoms with E-state index in [4.69, 9.17) is 11.6 Å². The topological polar surface area (TPSA) is 46.1 Å². The van der Waals surface area contributed by atoms with E-state index in [9.17, 15) is 4.79 Å². The molecular weight excluding hydrogens is 222 g/mol. The van der Waals surface area contributed by atoms with Gasteiger partial charge in [0.25, 0.3) is 5.91 Å². The van der Waals surface area contributed by atoms with E-state index in [0.717, 1.165) is 17.9 Å². The molecule has 1 fully saturated rings. The molecule has 0 N–H and O–H groups in total. The van der Waals surface area contributed by atoms with Crippen molar-refractivity contribution in [3.8, 4) is 0 Å². The van der Waals surface area contributed by atoms with Gasteiger partial charge < -0.3 is 4.90 Å². The number of halogens is 1. The first-order chi connectivity index (χ1) is 6.66. The predicted octanol–water partition coefficient (Wildman–Crippen LogP) is 1.67. The molecule has 4 nitrogen and oxygen atoms in total. The van der Waals surface area contributed by atoms with E-state index in [-0.39, 0.29) is 5.91 Å². The molecule has 1 aliphatic carbocycles. The molecule has 2 rings (SSSR count). The maximum Gasteiger partial charge on any atom is 0.284 e. The molecule has 1 aromatic heterocycles. The number of aromatic nitrogens is 2. The van der Waals surface area contributed by atoms with Crippen LogP contribution >= 0.6 is 22.9 Å². The van der Waals surface area contributed by atoms with Crippen molar-refractivity contribution in [2.75, 3.05) is 13.6 Å². The van der Waals surface area contributed by atoms with Crippen LogP contribution in [0.5, 0.6) is 0 Å². The Morgan fingerprint density at radius 1 is 1.64 bits per heavy atom. The maximum atomic E-state index is 11.7. The van der Waals surface area contributed by atoms with E-state index >= 15 is 0 Å². The first-order valence-corrected chi connectivity index (χ1v) is 5.60. The fourth-order valence-corrected chi connectivity index (χ4v) is 2.05. The summed E-state index contributed by atoms with van der Waals surface area (Å²) in [7, 11) is 1.79. The number of rotatable bonds is 3. The normalized spacial score (nSPS) is 15.6. The third kappa shape index (κ3) is 2.22. The minimum atomic E-state index is -0.0821. The third-order valence-electron chi connectivity index (χ3n) is 2.16. The number of amides is 1. The van der Waals surface area contributed by atoms with Crippen molar-refractivity contribution >= 4 is 28.8 Å². The number of hydrogen-bond acceptors (Lipinski definition) is 4. The predicted molar refractivity (Wildman–Crippen MR) is 54.6 cm³/mol. The van der Waals surface area contributed by atoms with E-state index in [0.29, 0.717) is 15.4 Å². The Balaban J connectivity index is 1.99. The highest BCUT2D eigenvalue weighted by Crippen LogP contribution is 2.29. The molecule has 0 radical (unpaired) electrons. The van der Waals surface area contributed by atoms with Crippen LogP contribution in [0.15, 0.2) is 0 Å². The Morgan fingerprint density at radius 2 is 2.36 bits per heavy atom. The van der Waals surface area contributed by atoms with Crippen LogP contribution in [-0.2, 0) is 0 Å². The van der Waals surface area contributed by atoms with E-state index in [1.165, 1.54) is 12.8 Å². The Kier molecular flexibility index (Phi) is 2.69. The monoisotopic (exact) mass is 231 g/mol. The molecule has 0 aromatic carbocycles. The summed E-state index contributed by atoms with van der Waals surface area (Å²) >= 11 is 6.73. The van der Waals surface area contributed by atoms with Crippen molar-refractivity contribution in [1.29, 1.82) is 0 Å². The molecule has 6 heteroatoms. The fraction of sp³-hybridized carbons (Fsp3) is 0.625. The van der Waals surface area contributed by atoms with Crippen molar-refractivity contribution in [2.24, 2.45) is 5.92 Å².